The van der Waals surface area contributed by atoms with E-state index < -0.39 is 0 Å². The highest BCUT2D eigenvalue weighted by Gasteiger charge is 2.29. The van der Waals surface area contributed by atoms with Crippen molar-refractivity contribution < 1.29 is 9.53 Å². The Labute approximate surface area is 107 Å². The van der Waals surface area contributed by atoms with Gasteiger partial charge in [0.2, 0.25) is 0 Å². The van der Waals surface area contributed by atoms with Gasteiger partial charge in [-0.25, -0.2) is 4.79 Å². The van der Waals surface area contributed by atoms with Gasteiger partial charge in [0.1, 0.15) is 6.10 Å². The number of carbonyl (C=O) groups excluding carboxylic acids is 1. The van der Waals surface area contributed by atoms with Crippen LogP contribution in [0.3, 0.4) is 0 Å². The summed E-state index contributed by atoms with van der Waals surface area (Å²) in [5.41, 5.74) is 1.01. The minimum atomic E-state index is -0.137. The molecule has 0 spiro atoms. The van der Waals surface area contributed by atoms with E-state index >= 15 is 0 Å². The normalized spacial score (nSPS) is 23.7. The Kier molecular flexibility index (Phi) is 4.19. The highest BCUT2D eigenvalue weighted by molar-refractivity contribution is 5.74. The predicted molar refractivity (Wildman–Crippen MR) is 67.1 cm³/mol. The van der Waals surface area contributed by atoms with Crippen LogP contribution < -0.4 is 10.6 Å². The van der Waals surface area contributed by atoms with Crippen molar-refractivity contribution in [2.24, 2.45) is 7.05 Å². The van der Waals surface area contributed by atoms with Crippen LogP contribution in [-0.2, 0) is 11.8 Å². The van der Waals surface area contributed by atoms with Crippen LogP contribution in [-0.4, -0.2) is 35.0 Å². The fourth-order valence-electron chi connectivity index (χ4n) is 2.22. The van der Waals surface area contributed by atoms with Crippen LogP contribution in [0.15, 0.2) is 12.4 Å². The molecule has 6 heteroatoms. The molecule has 0 unspecified atom stereocenters. The van der Waals surface area contributed by atoms with Gasteiger partial charge in [-0.05, 0) is 19.8 Å². The first-order chi connectivity index (χ1) is 8.70. The smallest absolute Gasteiger partial charge is 0.315 e. The van der Waals surface area contributed by atoms with Crippen molar-refractivity contribution >= 4 is 6.03 Å². The maximum absolute atomic E-state index is 11.6. The number of rotatable bonds is 3. The van der Waals surface area contributed by atoms with Gasteiger partial charge in [0.05, 0.1) is 12.2 Å². The summed E-state index contributed by atoms with van der Waals surface area (Å²) in [5.74, 6) is 0. The molecule has 0 aromatic carbocycles. The van der Waals surface area contributed by atoms with Crippen molar-refractivity contribution in [1.82, 2.24) is 20.4 Å². The van der Waals surface area contributed by atoms with Gasteiger partial charge in [0.15, 0.2) is 0 Å². The molecule has 2 amide bonds. The summed E-state index contributed by atoms with van der Waals surface area (Å²) in [6.45, 7) is 3.25. The Morgan fingerprint density at radius 2 is 2.50 bits per heavy atom. The summed E-state index contributed by atoms with van der Waals surface area (Å²) in [7, 11) is 1.87. The first-order valence-corrected chi connectivity index (χ1v) is 6.35. The van der Waals surface area contributed by atoms with Gasteiger partial charge >= 0.3 is 6.03 Å². The topological polar surface area (TPSA) is 68.2 Å². The highest BCUT2D eigenvalue weighted by Crippen LogP contribution is 2.27. The van der Waals surface area contributed by atoms with Crippen LogP contribution in [0.25, 0.3) is 0 Å². The predicted octanol–water partition coefficient (Wildman–Crippen LogP) is 0.959. The van der Waals surface area contributed by atoms with E-state index in [1.54, 1.807) is 10.9 Å². The molecule has 18 heavy (non-hydrogen) atoms. The molecule has 6 nitrogen and oxygen atoms in total. The number of aryl methyl sites for hydroxylation is 1. The zero-order valence-electron chi connectivity index (χ0n) is 10.8. The molecule has 2 heterocycles. The van der Waals surface area contributed by atoms with Gasteiger partial charge in [-0.1, -0.05) is 0 Å². The molecule has 2 N–H and O–H groups in total. The van der Waals surface area contributed by atoms with E-state index in [4.69, 9.17) is 4.74 Å². The first-order valence-electron chi connectivity index (χ1n) is 6.35. The van der Waals surface area contributed by atoms with Gasteiger partial charge in [-0.2, -0.15) is 5.10 Å². The summed E-state index contributed by atoms with van der Waals surface area (Å²) in [6.07, 6.45) is 5.52. The lowest BCUT2D eigenvalue weighted by molar-refractivity contribution is -0.00744. The van der Waals surface area contributed by atoms with E-state index in [-0.39, 0.29) is 18.2 Å². The van der Waals surface area contributed by atoms with E-state index in [9.17, 15) is 4.79 Å². The SMILES string of the molecule is CCNC(=O)N[C@H]1CCCO[C@@H]1c1cnn(C)c1. The van der Waals surface area contributed by atoms with E-state index in [1.807, 2.05) is 20.2 Å². The Morgan fingerprint density at radius 3 is 3.17 bits per heavy atom. The van der Waals surface area contributed by atoms with Gasteiger partial charge in [0, 0.05) is 32.0 Å². The van der Waals surface area contributed by atoms with Gasteiger partial charge in [-0.3, -0.25) is 4.68 Å². The molecule has 1 saturated heterocycles. The number of hydrogen-bond acceptors (Lipinski definition) is 3. The summed E-state index contributed by atoms with van der Waals surface area (Å²) in [5, 5.41) is 9.86. The average molecular weight is 252 g/mol. The van der Waals surface area contributed by atoms with Crippen LogP contribution in [0, 0.1) is 0 Å². The highest BCUT2D eigenvalue weighted by atomic mass is 16.5. The Bertz CT molecular complexity index is 405. The van der Waals surface area contributed by atoms with E-state index in [2.05, 4.69) is 15.7 Å². The number of hydrogen-bond donors (Lipinski definition) is 2. The van der Waals surface area contributed by atoms with Crippen molar-refractivity contribution in [2.75, 3.05) is 13.2 Å². The van der Waals surface area contributed by atoms with Gasteiger partial charge in [0.25, 0.3) is 0 Å². The maximum Gasteiger partial charge on any atom is 0.315 e. The largest absolute Gasteiger partial charge is 0.371 e. The number of amides is 2. The second kappa shape index (κ2) is 5.86. The third-order valence-electron chi connectivity index (χ3n) is 3.03. The number of nitrogens with one attached hydrogen (secondary N) is 2. The fourth-order valence-corrected chi connectivity index (χ4v) is 2.22. The number of ether oxygens (including phenoxy) is 1. The minimum absolute atomic E-state index is 0.00880. The third-order valence-corrected chi connectivity index (χ3v) is 3.03. The first kappa shape index (κ1) is 12.9. The van der Waals surface area contributed by atoms with E-state index in [0.29, 0.717) is 6.54 Å². The van der Waals surface area contributed by atoms with Crippen LogP contribution in [0.5, 0.6) is 0 Å². The van der Waals surface area contributed by atoms with Crippen LogP contribution in [0.1, 0.15) is 31.4 Å². The Hall–Kier alpha value is -1.56. The summed E-state index contributed by atoms with van der Waals surface area (Å²) in [6, 6.07) is -0.128. The molecule has 0 saturated carbocycles. The van der Waals surface area contributed by atoms with Crippen LogP contribution in [0.4, 0.5) is 4.79 Å². The molecule has 1 aromatic rings. The lowest BCUT2D eigenvalue weighted by atomic mass is 9.98. The molecule has 2 atom stereocenters. The van der Waals surface area contributed by atoms with Crippen LogP contribution in [0.2, 0.25) is 0 Å². The number of urea groups is 1. The lowest BCUT2D eigenvalue weighted by Crippen LogP contribution is -2.47. The zero-order valence-corrected chi connectivity index (χ0v) is 10.8. The Balaban J connectivity index is 2.04. The van der Waals surface area contributed by atoms with Crippen molar-refractivity contribution in [3.8, 4) is 0 Å². The number of nitrogens with zero attached hydrogens (tertiary/aromatic N) is 2. The van der Waals surface area contributed by atoms with E-state index in [0.717, 1.165) is 25.0 Å². The fraction of sp³-hybridized carbons (Fsp3) is 0.667. The molecule has 0 radical (unpaired) electrons. The van der Waals surface area contributed by atoms with Crippen molar-refractivity contribution in [1.29, 1.82) is 0 Å². The van der Waals surface area contributed by atoms with Gasteiger partial charge < -0.3 is 15.4 Å². The molecular formula is C12H20N4O2. The average Bonchev–Trinajstić information content (AvgIpc) is 2.77. The molecule has 100 valence electrons. The second-order valence-corrected chi connectivity index (χ2v) is 4.49. The molecule has 0 aliphatic carbocycles. The third kappa shape index (κ3) is 3.01. The summed E-state index contributed by atoms with van der Waals surface area (Å²) < 4.78 is 7.52. The van der Waals surface area contributed by atoms with Gasteiger partial charge in [-0.15, -0.1) is 0 Å². The molecule has 1 aromatic heterocycles. The summed E-state index contributed by atoms with van der Waals surface area (Å²) >= 11 is 0. The summed E-state index contributed by atoms with van der Waals surface area (Å²) in [4.78, 5) is 11.6. The maximum atomic E-state index is 11.6. The quantitative estimate of drug-likeness (QED) is 0.842. The molecule has 2 rings (SSSR count). The number of aromatic nitrogens is 2. The molecule has 1 aliphatic heterocycles. The van der Waals surface area contributed by atoms with Crippen molar-refractivity contribution in [2.45, 2.75) is 31.9 Å². The minimum Gasteiger partial charge on any atom is -0.371 e. The zero-order chi connectivity index (χ0) is 13.0. The molecular weight excluding hydrogens is 232 g/mol. The molecule has 1 aliphatic rings. The lowest BCUT2D eigenvalue weighted by Gasteiger charge is -2.31. The monoisotopic (exact) mass is 252 g/mol. The number of carbonyl (C=O) groups is 1. The van der Waals surface area contributed by atoms with Crippen molar-refractivity contribution in [3.05, 3.63) is 18.0 Å². The molecule has 0 bridgehead atoms. The van der Waals surface area contributed by atoms with Crippen LogP contribution >= 0.6 is 0 Å². The standard InChI is InChI=1S/C12H20N4O2/c1-3-13-12(17)15-10-5-4-6-18-11(10)9-7-14-16(2)8-9/h7-8,10-11H,3-6H2,1-2H3,(H2,13,15,17)/t10-,11+/m0/s1. The Morgan fingerprint density at radius 1 is 1.67 bits per heavy atom. The van der Waals surface area contributed by atoms with Crippen molar-refractivity contribution in [3.63, 3.8) is 0 Å². The second-order valence-electron chi connectivity index (χ2n) is 4.49. The van der Waals surface area contributed by atoms with E-state index in [1.165, 1.54) is 0 Å². The molecule has 1 fully saturated rings.